The van der Waals surface area contributed by atoms with Crippen LogP contribution < -0.4 is 20.1 Å². The summed E-state index contributed by atoms with van der Waals surface area (Å²) in [4.78, 5) is 23.5. The Bertz CT molecular complexity index is 757. The zero-order chi connectivity index (χ0) is 18.9. The number of likely N-dealkylation sites (N-methyl/N-ethyl adjacent to an activating group) is 1. The summed E-state index contributed by atoms with van der Waals surface area (Å²) in [5.41, 5.74) is 2.61. The number of carbonyl (C=O) groups is 2. The molecule has 0 aliphatic rings. The lowest BCUT2D eigenvalue weighted by atomic mass is 10.1. The second-order valence-corrected chi connectivity index (χ2v) is 5.78. The maximum Gasteiger partial charge on any atom is 0.224 e. The fourth-order valence-corrected chi connectivity index (χ4v) is 2.50. The van der Waals surface area contributed by atoms with E-state index in [1.54, 1.807) is 33.4 Å². The average molecular weight is 356 g/mol. The molecule has 26 heavy (non-hydrogen) atoms. The van der Waals surface area contributed by atoms with E-state index in [1.165, 1.54) is 0 Å². The van der Waals surface area contributed by atoms with Gasteiger partial charge < -0.3 is 20.1 Å². The smallest absolute Gasteiger partial charge is 0.224 e. The first kappa shape index (κ1) is 19.3. The number of benzene rings is 2. The molecule has 0 fully saturated rings. The number of amides is 2. The van der Waals surface area contributed by atoms with Gasteiger partial charge in [0.05, 0.1) is 20.6 Å². The Hall–Kier alpha value is -3.02. The zero-order valence-corrected chi connectivity index (χ0v) is 15.3. The van der Waals surface area contributed by atoms with Crippen LogP contribution in [0.15, 0.2) is 42.5 Å². The highest BCUT2D eigenvalue weighted by Crippen LogP contribution is 2.28. The molecule has 2 rings (SSSR count). The van der Waals surface area contributed by atoms with Crippen LogP contribution in [0, 0.1) is 0 Å². The topological polar surface area (TPSA) is 76.7 Å². The van der Waals surface area contributed by atoms with Crippen LogP contribution in [0.25, 0.3) is 0 Å². The predicted molar refractivity (Wildman–Crippen MR) is 101 cm³/mol. The lowest BCUT2D eigenvalue weighted by Gasteiger charge is -2.10. The Morgan fingerprint density at radius 1 is 0.885 bits per heavy atom. The van der Waals surface area contributed by atoms with Gasteiger partial charge in [-0.3, -0.25) is 9.59 Å². The monoisotopic (exact) mass is 356 g/mol. The largest absolute Gasteiger partial charge is 0.493 e. The average Bonchev–Trinajstić information content (AvgIpc) is 2.67. The van der Waals surface area contributed by atoms with Crippen molar-refractivity contribution in [1.29, 1.82) is 0 Å². The van der Waals surface area contributed by atoms with Crippen molar-refractivity contribution in [1.82, 2.24) is 5.32 Å². The summed E-state index contributed by atoms with van der Waals surface area (Å²) < 4.78 is 10.5. The molecular formula is C20H24N2O4. The standard InChI is InChI=1S/C20H24N2O4/c1-21-20(24)13-15-4-8-16(9-5-15)22-19(23)11-7-14-6-10-17(25-2)18(12-14)26-3/h4-6,8-10,12H,7,11,13H2,1-3H3,(H,21,24)(H,22,23). The normalized spacial score (nSPS) is 10.1. The summed E-state index contributed by atoms with van der Waals surface area (Å²) in [5, 5.41) is 5.44. The predicted octanol–water partition coefficient (Wildman–Crippen LogP) is 2.56. The van der Waals surface area contributed by atoms with E-state index in [0.29, 0.717) is 36.4 Å². The molecule has 0 saturated heterocycles. The second-order valence-electron chi connectivity index (χ2n) is 5.78. The van der Waals surface area contributed by atoms with Gasteiger partial charge in [0.25, 0.3) is 0 Å². The number of nitrogens with one attached hydrogen (secondary N) is 2. The van der Waals surface area contributed by atoms with Crippen LogP contribution in [-0.4, -0.2) is 33.1 Å². The van der Waals surface area contributed by atoms with E-state index in [1.807, 2.05) is 30.3 Å². The summed E-state index contributed by atoms with van der Waals surface area (Å²) in [6.45, 7) is 0. The molecular weight excluding hydrogens is 332 g/mol. The molecule has 0 heterocycles. The molecule has 0 saturated carbocycles. The van der Waals surface area contributed by atoms with E-state index >= 15 is 0 Å². The van der Waals surface area contributed by atoms with E-state index in [0.717, 1.165) is 11.1 Å². The quantitative estimate of drug-likeness (QED) is 0.762. The Morgan fingerprint density at radius 3 is 2.15 bits per heavy atom. The van der Waals surface area contributed by atoms with Gasteiger partial charge in [-0.15, -0.1) is 0 Å². The number of ether oxygens (including phenoxy) is 2. The molecule has 0 radical (unpaired) electrons. The highest BCUT2D eigenvalue weighted by Gasteiger charge is 2.08. The maximum absolute atomic E-state index is 12.1. The Morgan fingerprint density at radius 2 is 1.54 bits per heavy atom. The molecule has 0 bridgehead atoms. The molecule has 2 N–H and O–H groups in total. The van der Waals surface area contributed by atoms with Crippen LogP contribution in [0.3, 0.4) is 0 Å². The van der Waals surface area contributed by atoms with Crippen molar-refractivity contribution in [3.05, 3.63) is 53.6 Å². The van der Waals surface area contributed by atoms with Crippen LogP contribution >= 0.6 is 0 Å². The summed E-state index contributed by atoms with van der Waals surface area (Å²) in [6.07, 6.45) is 1.28. The van der Waals surface area contributed by atoms with E-state index in [2.05, 4.69) is 10.6 Å². The van der Waals surface area contributed by atoms with Gasteiger partial charge in [-0.2, -0.15) is 0 Å². The third-order valence-electron chi connectivity index (χ3n) is 3.97. The fourth-order valence-electron chi connectivity index (χ4n) is 2.50. The van der Waals surface area contributed by atoms with Gasteiger partial charge >= 0.3 is 0 Å². The van der Waals surface area contributed by atoms with E-state index in [-0.39, 0.29) is 11.8 Å². The highest BCUT2D eigenvalue weighted by atomic mass is 16.5. The highest BCUT2D eigenvalue weighted by molar-refractivity contribution is 5.90. The van der Waals surface area contributed by atoms with Crippen LogP contribution in [0.2, 0.25) is 0 Å². The summed E-state index contributed by atoms with van der Waals surface area (Å²) in [7, 11) is 4.78. The summed E-state index contributed by atoms with van der Waals surface area (Å²) in [6, 6.07) is 12.9. The van der Waals surface area contributed by atoms with Gasteiger partial charge in [0, 0.05) is 19.2 Å². The second kappa shape index (κ2) is 9.46. The molecule has 2 aromatic carbocycles. The minimum Gasteiger partial charge on any atom is -0.493 e. The minimum absolute atomic E-state index is 0.0447. The first-order chi connectivity index (χ1) is 12.5. The number of hydrogen-bond donors (Lipinski definition) is 2. The molecule has 2 aromatic rings. The van der Waals surface area contributed by atoms with Gasteiger partial charge in [-0.25, -0.2) is 0 Å². The number of methoxy groups -OCH3 is 2. The van der Waals surface area contributed by atoms with E-state index in [4.69, 9.17) is 9.47 Å². The lowest BCUT2D eigenvalue weighted by Crippen LogP contribution is -2.19. The maximum atomic E-state index is 12.1. The molecule has 0 aliphatic heterocycles. The molecule has 2 amide bonds. The summed E-state index contributed by atoms with van der Waals surface area (Å²) >= 11 is 0. The van der Waals surface area contributed by atoms with Crippen molar-refractivity contribution >= 4 is 17.5 Å². The number of anilines is 1. The third-order valence-corrected chi connectivity index (χ3v) is 3.97. The Kier molecular flexibility index (Phi) is 7.02. The molecule has 6 heteroatoms. The van der Waals surface area contributed by atoms with Crippen LogP contribution in [-0.2, 0) is 22.4 Å². The van der Waals surface area contributed by atoms with Crippen LogP contribution in [0.4, 0.5) is 5.69 Å². The van der Waals surface area contributed by atoms with Crippen molar-refractivity contribution in [2.45, 2.75) is 19.3 Å². The first-order valence-corrected chi connectivity index (χ1v) is 8.36. The van der Waals surface area contributed by atoms with Gasteiger partial charge in [-0.05, 0) is 41.8 Å². The Balaban J connectivity index is 1.88. The molecule has 0 aliphatic carbocycles. The molecule has 0 unspecified atom stereocenters. The SMILES string of the molecule is CNC(=O)Cc1ccc(NC(=O)CCc2ccc(OC)c(OC)c2)cc1. The number of hydrogen-bond acceptors (Lipinski definition) is 4. The molecule has 138 valence electrons. The van der Waals surface area contributed by atoms with Crippen molar-refractivity contribution in [3.63, 3.8) is 0 Å². The van der Waals surface area contributed by atoms with E-state index in [9.17, 15) is 9.59 Å². The summed E-state index contributed by atoms with van der Waals surface area (Å²) in [5.74, 6) is 1.20. The molecule has 0 atom stereocenters. The zero-order valence-electron chi connectivity index (χ0n) is 15.3. The van der Waals surface area contributed by atoms with Gasteiger partial charge in [0.15, 0.2) is 11.5 Å². The number of rotatable bonds is 8. The first-order valence-electron chi connectivity index (χ1n) is 8.36. The molecule has 6 nitrogen and oxygen atoms in total. The van der Waals surface area contributed by atoms with Gasteiger partial charge in [-0.1, -0.05) is 18.2 Å². The van der Waals surface area contributed by atoms with E-state index < -0.39 is 0 Å². The lowest BCUT2D eigenvalue weighted by molar-refractivity contribution is -0.120. The van der Waals surface area contributed by atoms with Gasteiger partial charge in [0.1, 0.15) is 0 Å². The van der Waals surface area contributed by atoms with Gasteiger partial charge in [0.2, 0.25) is 11.8 Å². The number of aryl methyl sites for hydroxylation is 1. The molecule has 0 spiro atoms. The fraction of sp³-hybridized carbons (Fsp3) is 0.300. The minimum atomic E-state index is -0.0705. The van der Waals surface area contributed by atoms with Crippen molar-refractivity contribution < 1.29 is 19.1 Å². The Labute approximate surface area is 153 Å². The molecule has 0 aromatic heterocycles. The van der Waals surface area contributed by atoms with Crippen molar-refractivity contribution in [2.75, 3.05) is 26.6 Å². The van der Waals surface area contributed by atoms with Crippen molar-refractivity contribution in [3.8, 4) is 11.5 Å². The van der Waals surface area contributed by atoms with Crippen LogP contribution in [0.1, 0.15) is 17.5 Å². The van der Waals surface area contributed by atoms with Crippen LogP contribution in [0.5, 0.6) is 11.5 Å². The van der Waals surface area contributed by atoms with Crippen molar-refractivity contribution in [2.24, 2.45) is 0 Å². The number of carbonyl (C=O) groups excluding carboxylic acids is 2. The third kappa shape index (κ3) is 5.51.